The van der Waals surface area contributed by atoms with E-state index in [0.29, 0.717) is 12.3 Å². The summed E-state index contributed by atoms with van der Waals surface area (Å²) >= 11 is 1.53. The summed E-state index contributed by atoms with van der Waals surface area (Å²) in [5.41, 5.74) is 3.74. The van der Waals surface area contributed by atoms with E-state index in [1.165, 1.54) is 11.3 Å². The minimum absolute atomic E-state index is 0.0652. The number of hydrogen-bond acceptors (Lipinski definition) is 5. The zero-order valence-corrected chi connectivity index (χ0v) is 17.0. The molecule has 2 heterocycles. The fourth-order valence-electron chi connectivity index (χ4n) is 3.15. The minimum atomic E-state index is -0.0652. The number of amides is 1. The van der Waals surface area contributed by atoms with Crippen LogP contribution in [0.2, 0.25) is 0 Å². The quantitative estimate of drug-likeness (QED) is 0.504. The highest BCUT2D eigenvalue weighted by Gasteiger charge is 2.13. The highest BCUT2D eigenvalue weighted by Crippen LogP contribution is 2.25. The largest absolute Gasteiger partial charge is 0.497 e. The van der Waals surface area contributed by atoms with Crippen LogP contribution >= 0.6 is 11.3 Å². The number of fused-ring (bicyclic) bond motifs is 1. The van der Waals surface area contributed by atoms with Gasteiger partial charge in [-0.05, 0) is 18.2 Å². The third-order valence-corrected chi connectivity index (χ3v) is 5.55. The summed E-state index contributed by atoms with van der Waals surface area (Å²) in [6.07, 6.45) is 2.26. The monoisotopic (exact) mass is 407 g/mol. The number of thiazole rings is 1. The summed E-state index contributed by atoms with van der Waals surface area (Å²) in [5, 5.41) is 4.94. The van der Waals surface area contributed by atoms with E-state index in [-0.39, 0.29) is 12.3 Å². The highest BCUT2D eigenvalue weighted by atomic mass is 32.1. The van der Waals surface area contributed by atoms with Gasteiger partial charge in [0.2, 0.25) is 5.91 Å². The second-order valence-corrected chi connectivity index (χ2v) is 7.34. The molecule has 0 aliphatic rings. The van der Waals surface area contributed by atoms with Crippen molar-refractivity contribution in [1.29, 1.82) is 0 Å². The lowest BCUT2D eigenvalue weighted by Crippen LogP contribution is -2.25. The Hall–Kier alpha value is -3.32. The van der Waals surface area contributed by atoms with Crippen molar-refractivity contribution in [2.24, 2.45) is 0 Å². The standard InChI is InChI=1S/C22H21N3O3S/c1-27-18-8-9-20(28-2)16(10-18)12-23-21(26)11-17-14-29-22-24-19(13-25(17)22)15-6-4-3-5-7-15/h3-10,13-14H,11-12H2,1-2H3,(H,23,26). The summed E-state index contributed by atoms with van der Waals surface area (Å²) in [6.45, 7) is 0.367. The SMILES string of the molecule is COc1ccc(OC)c(CNC(=O)Cc2csc3nc(-c4ccccc4)cn23)c1. The topological polar surface area (TPSA) is 64.9 Å². The Kier molecular flexibility index (Phi) is 5.48. The molecule has 0 spiro atoms. The molecule has 29 heavy (non-hydrogen) atoms. The Morgan fingerprint density at radius 3 is 2.72 bits per heavy atom. The van der Waals surface area contributed by atoms with Crippen LogP contribution in [0.15, 0.2) is 60.1 Å². The average Bonchev–Trinajstić information content (AvgIpc) is 3.34. The third-order valence-electron chi connectivity index (χ3n) is 4.66. The Bertz CT molecular complexity index is 1130. The number of benzene rings is 2. The van der Waals surface area contributed by atoms with E-state index in [1.54, 1.807) is 14.2 Å². The molecule has 1 N–H and O–H groups in total. The van der Waals surface area contributed by atoms with Crippen molar-refractivity contribution in [3.8, 4) is 22.8 Å². The first-order valence-corrected chi connectivity index (χ1v) is 10.0. The van der Waals surface area contributed by atoms with Gasteiger partial charge in [-0.2, -0.15) is 0 Å². The maximum atomic E-state index is 12.5. The Morgan fingerprint density at radius 2 is 1.97 bits per heavy atom. The second-order valence-electron chi connectivity index (χ2n) is 6.50. The molecule has 0 radical (unpaired) electrons. The average molecular weight is 407 g/mol. The predicted octanol–water partition coefficient (Wildman–Crippen LogP) is 3.94. The zero-order chi connectivity index (χ0) is 20.2. The van der Waals surface area contributed by atoms with Crippen molar-refractivity contribution in [3.63, 3.8) is 0 Å². The molecule has 0 saturated heterocycles. The van der Waals surface area contributed by atoms with Gasteiger partial charge in [-0.15, -0.1) is 11.3 Å². The van der Waals surface area contributed by atoms with Crippen LogP contribution in [-0.2, 0) is 17.8 Å². The highest BCUT2D eigenvalue weighted by molar-refractivity contribution is 7.15. The number of carbonyl (C=O) groups is 1. The summed E-state index contributed by atoms with van der Waals surface area (Å²) in [6, 6.07) is 15.5. The Morgan fingerprint density at radius 1 is 1.14 bits per heavy atom. The number of nitrogens with zero attached hydrogens (tertiary/aromatic N) is 2. The minimum Gasteiger partial charge on any atom is -0.497 e. The van der Waals surface area contributed by atoms with Gasteiger partial charge >= 0.3 is 0 Å². The van der Waals surface area contributed by atoms with Gasteiger partial charge in [0.05, 0.1) is 26.3 Å². The molecule has 7 heteroatoms. The number of ether oxygens (including phenoxy) is 2. The van der Waals surface area contributed by atoms with Gasteiger partial charge in [0.25, 0.3) is 0 Å². The number of carbonyl (C=O) groups excluding carboxylic acids is 1. The lowest BCUT2D eigenvalue weighted by molar-refractivity contribution is -0.120. The van der Waals surface area contributed by atoms with Crippen LogP contribution in [-0.4, -0.2) is 29.5 Å². The maximum absolute atomic E-state index is 12.5. The van der Waals surface area contributed by atoms with E-state index in [4.69, 9.17) is 9.47 Å². The van der Waals surface area contributed by atoms with Crippen LogP contribution in [0.1, 0.15) is 11.3 Å². The number of imidazole rings is 1. The molecule has 6 nitrogen and oxygen atoms in total. The zero-order valence-electron chi connectivity index (χ0n) is 16.2. The van der Waals surface area contributed by atoms with Crippen LogP contribution in [0.3, 0.4) is 0 Å². The van der Waals surface area contributed by atoms with Crippen LogP contribution in [0.25, 0.3) is 16.2 Å². The first-order valence-electron chi connectivity index (χ1n) is 9.16. The molecule has 0 saturated carbocycles. The molecular weight excluding hydrogens is 386 g/mol. The second kappa shape index (κ2) is 8.36. The smallest absolute Gasteiger partial charge is 0.226 e. The van der Waals surface area contributed by atoms with Crippen molar-refractivity contribution < 1.29 is 14.3 Å². The number of hydrogen-bond donors (Lipinski definition) is 1. The molecule has 0 atom stereocenters. The van der Waals surface area contributed by atoms with E-state index in [2.05, 4.69) is 10.3 Å². The van der Waals surface area contributed by atoms with Gasteiger partial charge < -0.3 is 14.8 Å². The van der Waals surface area contributed by atoms with Gasteiger partial charge in [0, 0.05) is 34.9 Å². The molecule has 1 amide bonds. The normalized spacial score (nSPS) is 10.8. The summed E-state index contributed by atoms with van der Waals surface area (Å²) in [5.74, 6) is 1.37. The number of aromatic nitrogens is 2. The van der Waals surface area contributed by atoms with Crippen molar-refractivity contribution in [1.82, 2.24) is 14.7 Å². The van der Waals surface area contributed by atoms with Crippen molar-refractivity contribution in [2.75, 3.05) is 14.2 Å². The molecule has 0 unspecified atom stereocenters. The molecule has 0 fully saturated rings. The van der Waals surface area contributed by atoms with Crippen LogP contribution < -0.4 is 14.8 Å². The van der Waals surface area contributed by atoms with Crippen molar-refractivity contribution in [2.45, 2.75) is 13.0 Å². The van der Waals surface area contributed by atoms with E-state index in [9.17, 15) is 4.79 Å². The fourth-order valence-corrected chi connectivity index (χ4v) is 4.02. The van der Waals surface area contributed by atoms with E-state index >= 15 is 0 Å². The molecule has 2 aromatic carbocycles. The van der Waals surface area contributed by atoms with Crippen molar-refractivity contribution >= 4 is 22.2 Å². The molecule has 2 aromatic heterocycles. The first-order chi connectivity index (χ1) is 14.2. The van der Waals surface area contributed by atoms with Gasteiger partial charge in [-0.1, -0.05) is 30.3 Å². The first kappa shape index (κ1) is 19.0. The number of nitrogens with one attached hydrogen (secondary N) is 1. The fraction of sp³-hybridized carbons (Fsp3) is 0.182. The summed E-state index contributed by atoms with van der Waals surface area (Å²) in [7, 11) is 3.22. The molecule has 0 aliphatic carbocycles. The van der Waals surface area contributed by atoms with Crippen LogP contribution in [0, 0.1) is 0 Å². The van der Waals surface area contributed by atoms with E-state index in [1.807, 2.05) is 64.5 Å². The maximum Gasteiger partial charge on any atom is 0.226 e. The third kappa shape index (κ3) is 4.09. The number of methoxy groups -OCH3 is 2. The molecular formula is C22H21N3O3S. The van der Waals surface area contributed by atoms with Crippen LogP contribution in [0.4, 0.5) is 0 Å². The molecule has 4 aromatic rings. The predicted molar refractivity (Wildman–Crippen MR) is 114 cm³/mol. The number of rotatable bonds is 7. The Balaban J connectivity index is 1.46. The molecule has 0 bridgehead atoms. The lowest BCUT2D eigenvalue weighted by atomic mass is 10.2. The summed E-state index contributed by atoms with van der Waals surface area (Å²) in [4.78, 5) is 18.1. The van der Waals surface area contributed by atoms with Gasteiger partial charge in [0.15, 0.2) is 4.96 Å². The van der Waals surface area contributed by atoms with E-state index in [0.717, 1.165) is 33.2 Å². The molecule has 4 rings (SSSR count). The molecule has 148 valence electrons. The van der Waals surface area contributed by atoms with Gasteiger partial charge in [-0.25, -0.2) is 4.98 Å². The van der Waals surface area contributed by atoms with Crippen molar-refractivity contribution in [3.05, 3.63) is 71.4 Å². The Labute approximate surface area is 172 Å². The van der Waals surface area contributed by atoms with E-state index < -0.39 is 0 Å². The lowest BCUT2D eigenvalue weighted by Gasteiger charge is -2.11. The van der Waals surface area contributed by atoms with Gasteiger partial charge in [0.1, 0.15) is 11.5 Å². The van der Waals surface area contributed by atoms with Crippen LogP contribution in [0.5, 0.6) is 11.5 Å². The molecule has 0 aliphatic heterocycles. The van der Waals surface area contributed by atoms with Gasteiger partial charge in [-0.3, -0.25) is 9.20 Å². The summed E-state index contributed by atoms with van der Waals surface area (Å²) < 4.78 is 12.6.